The van der Waals surface area contributed by atoms with Crippen molar-refractivity contribution >= 4 is 14.1 Å². The Morgan fingerprint density at radius 1 is 0.953 bits per heavy atom. The number of nitrogen functional groups attached to an aromatic ring is 1. The lowest BCUT2D eigenvalue weighted by atomic mass is 9.79. The minimum absolute atomic E-state index is 0.000304. The Hall–Kier alpha value is -3.96. The second-order valence-corrected chi connectivity index (χ2v) is 11.0. The summed E-state index contributed by atoms with van der Waals surface area (Å²) in [6.45, 7) is 3.78. The molecule has 0 saturated carbocycles. The lowest BCUT2D eigenvalue weighted by molar-refractivity contribution is -0.0940. The molecular formula is C31H33N3O8P+. The van der Waals surface area contributed by atoms with Gasteiger partial charge in [-0.05, 0) is 48.7 Å². The molecule has 1 fully saturated rings. The molecule has 4 aromatic rings. The van der Waals surface area contributed by atoms with Crippen molar-refractivity contribution in [3.8, 4) is 5.75 Å². The van der Waals surface area contributed by atoms with Crippen LogP contribution >= 0.6 is 8.25 Å². The zero-order valence-electron chi connectivity index (χ0n) is 23.9. The van der Waals surface area contributed by atoms with Crippen molar-refractivity contribution in [2.24, 2.45) is 0 Å². The quantitative estimate of drug-likeness (QED) is 0.180. The Morgan fingerprint density at radius 3 is 1.98 bits per heavy atom. The first kappa shape index (κ1) is 30.5. The fourth-order valence-corrected chi connectivity index (χ4v) is 5.77. The van der Waals surface area contributed by atoms with Gasteiger partial charge in [-0.15, -0.1) is 9.42 Å². The van der Waals surface area contributed by atoms with Crippen molar-refractivity contribution in [1.29, 1.82) is 0 Å². The molecule has 4 N–H and O–H groups in total. The maximum Gasteiger partial charge on any atom is 0.695 e. The molecule has 12 heteroatoms. The van der Waals surface area contributed by atoms with Gasteiger partial charge in [0.05, 0.1) is 13.7 Å². The molecule has 1 saturated heterocycles. The molecule has 5 rings (SSSR count). The molecule has 2 heterocycles. The summed E-state index contributed by atoms with van der Waals surface area (Å²) >= 11 is 0. The van der Waals surface area contributed by atoms with Gasteiger partial charge < -0.3 is 25.1 Å². The number of nitrogens with two attached hydrogens (primary N) is 1. The highest BCUT2D eigenvalue weighted by molar-refractivity contribution is 7.32. The summed E-state index contributed by atoms with van der Waals surface area (Å²) in [4.78, 5) is 25.9. The monoisotopic (exact) mass is 606 g/mol. The average molecular weight is 607 g/mol. The van der Waals surface area contributed by atoms with E-state index in [0.717, 1.165) is 32.4 Å². The van der Waals surface area contributed by atoms with Crippen LogP contribution in [0.5, 0.6) is 5.75 Å². The van der Waals surface area contributed by atoms with Crippen molar-refractivity contribution in [2.75, 3.05) is 19.5 Å². The van der Waals surface area contributed by atoms with Crippen LogP contribution in [0.25, 0.3) is 0 Å². The molecule has 1 aliphatic rings. The van der Waals surface area contributed by atoms with Gasteiger partial charge in [-0.1, -0.05) is 71.8 Å². The Morgan fingerprint density at radius 2 is 1.49 bits per heavy atom. The van der Waals surface area contributed by atoms with Gasteiger partial charge in [0.1, 0.15) is 29.4 Å². The van der Waals surface area contributed by atoms with E-state index in [0.29, 0.717) is 5.75 Å². The van der Waals surface area contributed by atoms with Crippen LogP contribution in [0.2, 0.25) is 0 Å². The van der Waals surface area contributed by atoms with Crippen molar-refractivity contribution in [1.82, 2.24) is 9.55 Å². The molecule has 43 heavy (non-hydrogen) atoms. The van der Waals surface area contributed by atoms with Gasteiger partial charge in [-0.3, -0.25) is 4.57 Å². The topological polar surface area (TPSA) is 155 Å². The Bertz CT molecular complexity index is 1580. The number of methoxy groups -OCH3 is 1. The lowest BCUT2D eigenvalue weighted by Crippen LogP contribution is -2.40. The van der Waals surface area contributed by atoms with Crippen LogP contribution in [0.1, 0.15) is 34.0 Å². The largest absolute Gasteiger partial charge is 0.695 e. The van der Waals surface area contributed by atoms with Gasteiger partial charge in [0.2, 0.25) is 0 Å². The second kappa shape index (κ2) is 12.7. The van der Waals surface area contributed by atoms with E-state index in [2.05, 4.69) is 4.98 Å². The van der Waals surface area contributed by atoms with E-state index >= 15 is 0 Å². The number of ether oxygens (including phenoxy) is 3. The number of nitrogens with zero attached hydrogens (tertiary/aromatic N) is 2. The summed E-state index contributed by atoms with van der Waals surface area (Å²) in [7, 11) is -1.54. The third-order valence-corrected chi connectivity index (χ3v) is 7.95. The van der Waals surface area contributed by atoms with E-state index in [1.807, 2.05) is 86.6 Å². The molecule has 0 aliphatic carbocycles. The van der Waals surface area contributed by atoms with Crippen molar-refractivity contribution in [3.63, 3.8) is 0 Å². The van der Waals surface area contributed by atoms with Gasteiger partial charge >= 0.3 is 13.9 Å². The summed E-state index contributed by atoms with van der Waals surface area (Å²) in [5.41, 5.74) is 8.20. The number of rotatable bonds is 10. The zero-order valence-corrected chi connectivity index (χ0v) is 24.8. The summed E-state index contributed by atoms with van der Waals surface area (Å²) in [5, 5.41) is 11.1. The smallest absolute Gasteiger partial charge is 0.497 e. The Balaban J connectivity index is 1.60. The number of aryl methyl sites for hydroxylation is 2. The minimum atomic E-state index is -3.13. The first-order chi connectivity index (χ1) is 20.6. The number of aromatic nitrogens is 2. The van der Waals surface area contributed by atoms with E-state index in [9.17, 15) is 19.4 Å². The number of benzene rings is 3. The van der Waals surface area contributed by atoms with Gasteiger partial charge in [-0.25, -0.2) is 4.79 Å². The number of aliphatic hydroxyl groups excluding tert-OH is 1. The average Bonchev–Trinajstić information content (AvgIpc) is 3.29. The molecule has 0 radical (unpaired) electrons. The van der Waals surface area contributed by atoms with Crippen LogP contribution in [0, 0.1) is 13.8 Å². The van der Waals surface area contributed by atoms with E-state index in [4.69, 9.17) is 24.5 Å². The molecule has 0 amide bonds. The molecule has 1 unspecified atom stereocenters. The summed E-state index contributed by atoms with van der Waals surface area (Å²) in [6, 6.07) is 24.7. The van der Waals surface area contributed by atoms with E-state index in [-0.39, 0.29) is 12.4 Å². The van der Waals surface area contributed by atoms with Crippen LogP contribution < -0.4 is 16.2 Å². The number of anilines is 1. The van der Waals surface area contributed by atoms with Crippen LogP contribution in [-0.2, 0) is 24.2 Å². The lowest BCUT2D eigenvalue weighted by Gasteiger charge is -2.37. The fourth-order valence-electron chi connectivity index (χ4n) is 5.30. The molecule has 5 atom stereocenters. The highest BCUT2D eigenvalue weighted by Gasteiger charge is 2.51. The standard InChI is InChI=1S/C31H32N3O8P/c1-19-4-8-21(9-5-19)31(22-10-6-20(2)7-11-22,23-12-14-24(39-3)15-13-23)40-18-25-28(42-43(37)38)27(35)29(41-25)34-17-16-26(32)33-30(34)36/h4-17,25,27-29,35H,18H2,1-3H3,(H2-,32,33,36,37,38)/p+1/t25-,27-,28-,29-/m1/s1. The molecule has 0 spiro atoms. The highest BCUT2D eigenvalue weighted by Crippen LogP contribution is 2.43. The number of hydrogen-bond acceptors (Lipinski definition) is 9. The first-order valence-electron chi connectivity index (χ1n) is 13.6. The molecule has 11 nitrogen and oxygen atoms in total. The second-order valence-electron chi connectivity index (χ2n) is 10.4. The predicted molar refractivity (Wildman–Crippen MR) is 159 cm³/mol. The van der Waals surface area contributed by atoms with Gasteiger partial charge in [0, 0.05) is 10.8 Å². The fraction of sp³-hybridized carbons (Fsp3) is 0.290. The minimum Gasteiger partial charge on any atom is -0.497 e. The van der Waals surface area contributed by atoms with Gasteiger partial charge in [0.15, 0.2) is 12.3 Å². The van der Waals surface area contributed by atoms with Crippen LogP contribution in [-0.4, -0.2) is 51.6 Å². The molecule has 224 valence electrons. The van der Waals surface area contributed by atoms with Crippen LogP contribution in [0.4, 0.5) is 5.82 Å². The van der Waals surface area contributed by atoms with E-state index in [1.54, 1.807) is 7.11 Å². The third-order valence-electron chi connectivity index (χ3n) is 7.52. The molecule has 3 aromatic carbocycles. The zero-order chi connectivity index (χ0) is 30.7. The predicted octanol–water partition coefficient (Wildman–Crippen LogP) is 3.75. The molecule has 0 bridgehead atoms. The van der Waals surface area contributed by atoms with Crippen molar-refractivity contribution in [3.05, 3.63) is 123 Å². The number of aliphatic hydroxyl groups is 1. The summed E-state index contributed by atoms with van der Waals surface area (Å²) in [5.74, 6) is 0.665. The van der Waals surface area contributed by atoms with Crippen molar-refractivity contribution < 1.29 is 33.3 Å². The molecule has 1 aliphatic heterocycles. The normalized spacial score (nSPS) is 20.6. The van der Waals surface area contributed by atoms with Crippen LogP contribution in [0.3, 0.4) is 0 Å². The summed E-state index contributed by atoms with van der Waals surface area (Å²) < 4.78 is 36.4. The highest BCUT2D eigenvalue weighted by atomic mass is 31.1. The molecule has 1 aromatic heterocycles. The SMILES string of the molecule is COc1ccc(C(OC[C@H]2O[C@@H](n3ccc(N)nc3=O)[C@H](O)[C@@H]2O[P+](=O)O)(c2ccc(C)cc2)c2ccc(C)cc2)cc1. The number of hydrogen-bond donors (Lipinski definition) is 3. The maximum absolute atomic E-state index is 12.6. The van der Waals surface area contributed by atoms with E-state index < -0.39 is 44.1 Å². The Kier molecular flexibility index (Phi) is 9.03. The van der Waals surface area contributed by atoms with Gasteiger partial charge in [-0.2, -0.15) is 4.98 Å². The Labute approximate surface area is 249 Å². The van der Waals surface area contributed by atoms with Crippen molar-refractivity contribution in [2.45, 2.75) is 44.0 Å². The first-order valence-corrected chi connectivity index (χ1v) is 14.7. The molecular weight excluding hydrogens is 573 g/mol. The maximum atomic E-state index is 12.6. The van der Waals surface area contributed by atoms with E-state index in [1.165, 1.54) is 12.3 Å². The third kappa shape index (κ3) is 6.23. The summed E-state index contributed by atoms with van der Waals surface area (Å²) in [6.07, 6.45) is -3.82. The van der Waals surface area contributed by atoms with Gasteiger partial charge in [0.25, 0.3) is 0 Å². The van der Waals surface area contributed by atoms with Crippen LogP contribution in [0.15, 0.2) is 89.9 Å².